The van der Waals surface area contributed by atoms with E-state index < -0.39 is 5.97 Å². The van der Waals surface area contributed by atoms with Gasteiger partial charge in [-0.15, -0.1) is 0 Å². The molecule has 0 aliphatic rings. The molecule has 3 rings (SSSR count). The summed E-state index contributed by atoms with van der Waals surface area (Å²) in [6.45, 7) is 0.145. The molecule has 1 heterocycles. The molecule has 1 aromatic heterocycles. The summed E-state index contributed by atoms with van der Waals surface area (Å²) >= 11 is 0. The Morgan fingerprint density at radius 3 is 2.52 bits per heavy atom. The van der Waals surface area contributed by atoms with Gasteiger partial charge in [-0.1, -0.05) is 42.5 Å². The first-order chi connectivity index (χ1) is 10.3. The van der Waals surface area contributed by atoms with Crippen LogP contribution in [0, 0.1) is 0 Å². The first-order valence-corrected chi connectivity index (χ1v) is 6.57. The van der Waals surface area contributed by atoms with E-state index in [1.807, 2.05) is 36.4 Å². The highest BCUT2D eigenvalue weighted by molar-refractivity contribution is 5.93. The van der Waals surface area contributed by atoms with Crippen LogP contribution in [0.1, 0.15) is 15.9 Å². The van der Waals surface area contributed by atoms with E-state index in [4.69, 9.17) is 4.74 Å². The molecule has 2 aromatic carbocycles. The second-order valence-corrected chi connectivity index (χ2v) is 4.64. The lowest BCUT2D eigenvalue weighted by Crippen LogP contribution is -2.18. The number of benzene rings is 2. The molecule has 21 heavy (non-hydrogen) atoms. The predicted molar refractivity (Wildman–Crippen MR) is 80.1 cm³/mol. The monoisotopic (exact) mass is 279 g/mol. The summed E-state index contributed by atoms with van der Waals surface area (Å²) in [6.07, 6.45) is 1.40. The highest BCUT2D eigenvalue weighted by Crippen LogP contribution is 2.09. The zero-order valence-electron chi connectivity index (χ0n) is 11.2. The van der Waals surface area contributed by atoms with E-state index in [9.17, 15) is 9.59 Å². The van der Waals surface area contributed by atoms with Crippen molar-refractivity contribution in [2.75, 3.05) is 0 Å². The number of hydrogen-bond donors (Lipinski definition) is 1. The van der Waals surface area contributed by atoms with Gasteiger partial charge in [0, 0.05) is 17.1 Å². The molecule has 1 N–H and O–H groups in total. The average molecular weight is 279 g/mol. The number of rotatable bonds is 3. The maximum absolute atomic E-state index is 12.3. The number of carbonyl (C=O) groups excluding carboxylic acids is 1. The number of H-pyrrole nitrogens is 1. The minimum Gasteiger partial charge on any atom is -0.457 e. The molecule has 0 amide bonds. The Bertz CT molecular complexity index is 837. The zero-order valence-corrected chi connectivity index (χ0v) is 11.2. The van der Waals surface area contributed by atoms with Gasteiger partial charge in [-0.2, -0.15) is 0 Å². The Labute approximate surface area is 121 Å². The summed E-state index contributed by atoms with van der Waals surface area (Å²) in [5.74, 6) is -0.620. The van der Waals surface area contributed by atoms with Gasteiger partial charge in [-0.25, -0.2) is 4.79 Å². The molecule has 4 nitrogen and oxygen atoms in total. The number of para-hydroxylation sites is 1. The van der Waals surface area contributed by atoms with Crippen LogP contribution < -0.4 is 5.43 Å². The number of aromatic amines is 1. The SMILES string of the molecule is O=C(OCc1ccccc1)c1c[nH]c2ccccc2c1=O. The zero-order chi connectivity index (χ0) is 14.7. The van der Waals surface area contributed by atoms with Crippen LogP contribution in [0.2, 0.25) is 0 Å². The summed E-state index contributed by atoms with van der Waals surface area (Å²) in [7, 11) is 0. The third-order valence-electron chi connectivity index (χ3n) is 3.22. The maximum Gasteiger partial charge on any atom is 0.343 e. The van der Waals surface area contributed by atoms with Crippen molar-refractivity contribution in [2.24, 2.45) is 0 Å². The van der Waals surface area contributed by atoms with E-state index in [0.29, 0.717) is 10.9 Å². The molecule has 0 bridgehead atoms. The van der Waals surface area contributed by atoms with Gasteiger partial charge in [0.1, 0.15) is 12.2 Å². The van der Waals surface area contributed by atoms with Crippen molar-refractivity contribution < 1.29 is 9.53 Å². The highest BCUT2D eigenvalue weighted by Gasteiger charge is 2.14. The number of aromatic nitrogens is 1. The largest absolute Gasteiger partial charge is 0.457 e. The van der Waals surface area contributed by atoms with Gasteiger partial charge in [-0.3, -0.25) is 4.79 Å². The van der Waals surface area contributed by atoms with Gasteiger partial charge < -0.3 is 9.72 Å². The van der Waals surface area contributed by atoms with Crippen molar-refractivity contribution >= 4 is 16.9 Å². The summed E-state index contributed by atoms with van der Waals surface area (Å²) in [4.78, 5) is 27.2. The molecular formula is C17H13NO3. The molecular weight excluding hydrogens is 266 g/mol. The fourth-order valence-corrected chi connectivity index (χ4v) is 2.12. The van der Waals surface area contributed by atoms with E-state index in [0.717, 1.165) is 5.56 Å². The summed E-state index contributed by atoms with van der Waals surface area (Å²) in [5.41, 5.74) is 1.28. The molecule has 0 spiro atoms. The first-order valence-electron chi connectivity index (χ1n) is 6.57. The summed E-state index contributed by atoms with van der Waals surface area (Å²) < 4.78 is 5.18. The van der Waals surface area contributed by atoms with Gasteiger partial charge in [0.25, 0.3) is 0 Å². The van der Waals surface area contributed by atoms with Crippen LogP contribution in [0.25, 0.3) is 10.9 Å². The molecule has 0 unspecified atom stereocenters. The highest BCUT2D eigenvalue weighted by atomic mass is 16.5. The number of ether oxygens (including phenoxy) is 1. The van der Waals surface area contributed by atoms with Gasteiger partial charge in [0.2, 0.25) is 5.43 Å². The van der Waals surface area contributed by atoms with Crippen LogP contribution in [0.4, 0.5) is 0 Å². The Morgan fingerprint density at radius 1 is 1.00 bits per heavy atom. The fourth-order valence-electron chi connectivity index (χ4n) is 2.12. The lowest BCUT2D eigenvalue weighted by molar-refractivity contribution is 0.0471. The minimum atomic E-state index is -0.620. The smallest absolute Gasteiger partial charge is 0.343 e. The van der Waals surface area contributed by atoms with Crippen LogP contribution in [0.15, 0.2) is 65.6 Å². The maximum atomic E-state index is 12.3. The van der Waals surface area contributed by atoms with Gasteiger partial charge >= 0.3 is 5.97 Å². The van der Waals surface area contributed by atoms with Gasteiger partial charge in [0.15, 0.2) is 0 Å². The first kappa shape index (κ1) is 13.1. The Kier molecular flexibility index (Phi) is 3.51. The third-order valence-corrected chi connectivity index (χ3v) is 3.22. The van der Waals surface area contributed by atoms with Crippen LogP contribution in [0.5, 0.6) is 0 Å². The van der Waals surface area contributed by atoms with E-state index in [2.05, 4.69) is 4.98 Å². The van der Waals surface area contributed by atoms with E-state index in [1.165, 1.54) is 6.20 Å². The minimum absolute atomic E-state index is 0.0182. The number of carbonyl (C=O) groups is 1. The molecule has 0 saturated carbocycles. The quantitative estimate of drug-likeness (QED) is 0.750. The number of nitrogens with one attached hydrogen (secondary N) is 1. The number of fused-ring (bicyclic) bond motifs is 1. The van der Waals surface area contributed by atoms with Crippen molar-refractivity contribution in [1.82, 2.24) is 4.98 Å². The van der Waals surface area contributed by atoms with Crippen molar-refractivity contribution in [2.45, 2.75) is 6.61 Å². The molecule has 0 aliphatic carbocycles. The fraction of sp³-hybridized carbons (Fsp3) is 0.0588. The topological polar surface area (TPSA) is 59.2 Å². The normalized spacial score (nSPS) is 10.5. The van der Waals surface area contributed by atoms with Crippen LogP contribution in [0.3, 0.4) is 0 Å². The van der Waals surface area contributed by atoms with Gasteiger partial charge in [0.05, 0.1) is 0 Å². The van der Waals surface area contributed by atoms with Crippen LogP contribution >= 0.6 is 0 Å². The predicted octanol–water partition coefficient (Wildman–Crippen LogP) is 2.89. The van der Waals surface area contributed by atoms with Crippen molar-refractivity contribution in [3.63, 3.8) is 0 Å². The van der Waals surface area contributed by atoms with E-state index in [-0.39, 0.29) is 17.6 Å². The Balaban J connectivity index is 1.85. The summed E-state index contributed by atoms with van der Waals surface area (Å²) in [5, 5.41) is 0.478. The van der Waals surface area contributed by atoms with E-state index in [1.54, 1.807) is 18.2 Å². The van der Waals surface area contributed by atoms with Crippen molar-refractivity contribution in [1.29, 1.82) is 0 Å². The van der Waals surface area contributed by atoms with Crippen LogP contribution in [-0.4, -0.2) is 11.0 Å². The molecule has 0 aliphatic heterocycles. The molecule has 0 fully saturated rings. The molecule has 4 heteroatoms. The number of hydrogen-bond acceptors (Lipinski definition) is 3. The van der Waals surface area contributed by atoms with Crippen LogP contribution in [-0.2, 0) is 11.3 Å². The average Bonchev–Trinajstić information content (AvgIpc) is 2.54. The second kappa shape index (κ2) is 5.63. The van der Waals surface area contributed by atoms with Crippen molar-refractivity contribution in [3.8, 4) is 0 Å². The molecule has 3 aromatic rings. The molecule has 0 atom stereocenters. The third kappa shape index (κ3) is 2.69. The number of pyridine rings is 1. The molecule has 0 saturated heterocycles. The van der Waals surface area contributed by atoms with E-state index >= 15 is 0 Å². The molecule has 0 radical (unpaired) electrons. The lowest BCUT2D eigenvalue weighted by Gasteiger charge is -2.05. The van der Waals surface area contributed by atoms with Gasteiger partial charge in [-0.05, 0) is 17.7 Å². The van der Waals surface area contributed by atoms with Crippen molar-refractivity contribution in [3.05, 3.63) is 82.1 Å². The molecule has 104 valence electrons. The standard InChI is InChI=1S/C17H13NO3/c19-16-13-8-4-5-9-15(13)18-10-14(16)17(20)21-11-12-6-2-1-3-7-12/h1-10H,11H2,(H,18,19). The summed E-state index contributed by atoms with van der Waals surface area (Å²) in [6, 6.07) is 16.4. The Morgan fingerprint density at radius 2 is 1.71 bits per heavy atom. The number of esters is 1. The Hall–Kier alpha value is -2.88. The second-order valence-electron chi connectivity index (χ2n) is 4.64. The lowest BCUT2D eigenvalue weighted by atomic mass is 10.1.